The molecule has 3 heterocycles. The molecule has 0 aromatic carbocycles. The third kappa shape index (κ3) is 2.96. The maximum Gasteiger partial charge on any atom is 0.237 e. The first-order chi connectivity index (χ1) is 10.2. The van der Waals surface area contributed by atoms with Crippen molar-refractivity contribution in [3.63, 3.8) is 0 Å². The third-order valence-corrected chi connectivity index (χ3v) is 5.27. The largest absolute Gasteiger partial charge is 0.354 e. The summed E-state index contributed by atoms with van der Waals surface area (Å²) in [6.45, 7) is 5.00. The minimum Gasteiger partial charge on any atom is -0.354 e. The molecule has 0 saturated carbocycles. The van der Waals surface area contributed by atoms with Crippen LogP contribution in [-0.4, -0.2) is 54.3 Å². The smallest absolute Gasteiger partial charge is 0.237 e. The van der Waals surface area contributed by atoms with Gasteiger partial charge in [0.15, 0.2) is 0 Å². The summed E-state index contributed by atoms with van der Waals surface area (Å²) in [5.74, 6) is 0.160. The van der Waals surface area contributed by atoms with E-state index in [1.54, 1.807) is 11.3 Å². The van der Waals surface area contributed by atoms with Crippen LogP contribution in [0.1, 0.15) is 29.8 Å². The van der Waals surface area contributed by atoms with Crippen molar-refractivity contribution in [1.29, 1.82) is 0 Å². The van der Waals surface area contributed by atoms with Crippen LogP contribution in [0.5, 0.6) is 0 Å². The molecule has 0 bridgehead atoms. The molecule has 2 aliphatic rings. The van der Waals surface area contributed by atoms with E-state index < -0.39 is 0 Å². The monoisotopic (exact) mass is 307 g/mol. The molecule has 6 heteroatoms. The van der Waals surface area contributed by atoms with Crippen molar-refractivity contribution in [2.24, 2.45) is 0 Å². The molecule has 1 unspecified atom stereocenters. The van der Waals surface area contributed by atoms with Gasteiger partial charge in [0.05, 0.1) is 19.1 Å². The molecule has 1 atom stereocenters. The number of carbonyl (C=O) groups is 2. The molecular weight excluding hydrogens is 286 g/mol. The SMILES string of the molecule is CCC1c2ccsc2CCN1C(=O)CN1CCNC(=O)C1. The van der Waals surface area contributed by atoms with Crippen molar-refractivity contribution < 1.29 is 9.59 Å². The van der Waals surface area contributed by atoms with Gasteiger partial charge in [-0.05, 0) is 29.9 Å². The number of hydrogen-bond acceptors (Lipinski definition) is 4. The summed E-state index contributed by atoms with van der Waals surface area (Å²) < 4.78 is 0. The van der Waals surface area contributed by atoms with Crippen LogP contribution in [0.4, 0.5) is 0 Å². The van der Waals surface area contributed by atoms with E-state index in [1.807, 2.05) is 9.80 Å². The van der Waals surface area contributed by atoms with Crippen LogP contribution in [0.3, 0.4) is 0 Å². The summed E-state index contributed by atoms with van der Waals surface area (Å²) in [5, 5.41) is 4.91. The van der Waals surface area contributed by atoms with Crippen molar-refractivity contribution in [3.05, 3.63) is 21.9 Å². The average molecular weight is 307 g/mol. The summed E-state index contributed by atoms with van der Waals surface area (Å²) in [4.78, 5) is 29.4. The van der Waals surface area contributed by atoms with Gasteiger partial charge in [-0.3, -0.25) is 14.5 Å². The number of piperazine rings is 1. The van der Waals surface area contributed by atoms with E-state index in [-0.39, 0.29) is 17.9 Å². The van der Waals surface area contributed by atoms with Crippen LogP contribution in [0.25, 0.3) is 0 Å². The first kappa shape index (κ1) is 14.5. The lowest BCUT2D eigenvalue weighted by molar-refractivity contribution is -0.136. The lowest BCUT2D eigenvalue weighted by atomic mass is 9.97. The molecule has 0 aliphatic carbocycles. The van der Waals surface area contributed by atoms with Crippen LogP contribution < -0.4 is 5.32 Å². The quantitative estimate of drug-likeness (QED) is 0.907. The average Bonchev–Trinajstić information content (AvgIpc) is 2.94. The van der Waals surface area contributed by atoms with Crippen LogP contribution in [0, 0.1) is 0 Å². The van der Waals surface area contributed by atoms with E-state index in [0.29, 0.717) is 19.6 Å². The molecule has 1 fully saturated rings. The zero-order valence-electron chi connectivity index (χ0n) is 12.3. The van der Waals surface area contributed by atoms with Gasteiger partial charge in [0, 0.05) is 24.5 Å². The highest BCUT2D eigenvalue weighted by Gasteiger charge is 2.31. The van der Waals surface area contributed by atoms with Crippen LogP contribution in [-0.2, 0) is 16.0 Å². The van der Waals surface area contributed by atoms with Gasteiger partial charge in [-0.2, -0.15) is 0 Å². The van der Waals surface area contributed by atoms with Gasteiger partial charge in [0.25, 0.3) is 0 Å². The number of carbonyl (C=O) groups excluding carboxylic acids is 2. The zero-order valence-corrected chi connectivity index (χ0v) is 13.1. The molecule has 1 saturated heterocycles. The maximum absolute atomic E-state index is 12.6. The number of thiophene rings is 1. The van der Waals surface area contributed by atoms with Crippen LogP contribution in [0.15, 0.2) is 11.4 Å². The summed E-state index contributed by atoms with van der Waals surface area (Å²) in [6.07, 6.45) is 1.89. The van der Waals surface area contributed by atoms with Crippen molar-refractivity contribution in [2.45, 2.75) is 25.8 Å². The Morgan fingerprint density at radius 3 is 3.10 bits per heavy atom. The molecule has 1 N–H and O–H groups in total. The number of nitrogens with zero attached hydrogens (tertiary/aromatic N) is 2. The molecule has 1 aromatic heterocycles. The Labute approximate surface area is 128 Å². The van der Waals surface area contributed by atoms with Gasteiger partial charge in [-0.25, -0.2) is 0 Å². The molecule has 3 rings (SSSR count). The highest BCUT2D eigenvalue weighted by atomic mass is 32.1. The van der Waals surface area contributed by atoms with E-state index in [2.05, 4.69) is 23.7 Å². The number of fused-ring (bicyclic) bond motifs is 1. The molecular formula is C15H21N3O2S. The predicted octanol–water partition coefficient (Wildman–Crippen LogP) is 1.02. The summed E-state index contributed by atoms with van der Waals surface area (Å²) in [7, 11) is 0. The summed E-state index contributed by atoms with van der Waals surface area (Å²) in [5.41, 5.74) is 1.32. The van der Waals surface area contributed by atoms with E-state index in [9.17, 15) is 9.59 Å². The second kappa shape index (κ2) is 6.15. The number of nitrogens with one attached hydrogen (secondary N) is 1. The van der Waals surface area contributed by atoms with E-state index in [4.69, 9.17) is 0 Å². The number of amides is 2. The lowest BCUT2D eigenvalue weighted by Crippen LogP contribution is -2.52. The standard InChI is InChI=1S/C15H21N3O2S/c1-2-12-11-4-8-21-13(11)3-6-18(12)15(20)10-17-7-5-16-14(19)9-17/h4,8,12H,2-3,5-7,9-10H2,1H3,(H,16,19). The molecule has 0 radical (unpaired) electrons. The maximum atomic E-state index is 12.6. The topological polar surface area (TPSA) is 52.7 Å². The molecule has 114 valence electrons. The third-order valence-electron chi connectivity index (χ3n) is 4.28. The second-order valence-corrected chi connectivity index (χ2v) is 6.62. The minimum absolute atomic E-state index is 0.0138. The minimum atomic E-state index is 0.0138. The molecule has 2 amide bonds. The molecule has 2 aliphatic heterocycles. The molecule has 5 nitrogen and oxygen atoms in total. The van der Waals surface area contributed by atoms with Crippen molar-refractivity contribution in [3.8, 4) is 0 Å². The predicted molar refractivity (Wildman–Crippen MR) is 82.2 cm³/mol. The normalized spacial score (nSPS) is 22.8. The van der Waals surface area contributed by atoms with Gasteiger partial charge in [-0.1, -0.05) is 6.92 Å². The zero-order chi connectivity index (χ0) is 14.8. The Hall–Kier alpha value is -1.40. The fourth-order valence-corrected chi connectivity index (χ4v) is 4.17. The highest BCUT2D eigenvalue weighted by molar-refractivity contribution is 7.10. The number of hydrogen-bond donors (Lipinski definition) is 1. The Balaban J connectivity index is 1.68. The van der Waals surface area contributed by atoms with Crippen LogP contribution >= 0.6 is 11.3 Å². The van der Waals surface area contributed by atoms with E-state index in [1.165, 1.54) is 10.4 Å². The Kier molecular flexibility index (Phi) is 4.26. The highest BCUT2D eigenvalue weighted by Crippen LogP contribution is 2.35. The van der Waals surface area contributed by atoms with Gasteiger partial charge in [-0.15, -0.1) is 11.3 Å². The molecule has 1 aromatic rings. The first-order valence-corrected chi connectivity index (χ1v) is 8.41. The van der Waals surface area contributed by atoms with Gasteiger partial charge >= 0.3 is 0 Å². The Morgan fingerprint density at radius 1 is 1.48 bits per heavy atom. The van der Waals surface area contributed by atoms with Crippen molar-refractivity contribution in [1.82, 2.24) is 15.1 Å². The first-order valence-electron chi connectivity index (χ1n) is 7.54. The number of rotatable bonds is 3. The van der Waals surface area contributed by atoms with E-state index >= 15 is 0 Å². The van der Waals surface area contributed by atoms with Crippen molar-refractivity contribution in [2.75, 3.05) is 32.7 Å². The van der Waals surface area contributed by atoms with Gasteiger partial charge in [0.1, 0.15) is 0 Å². The summed E-state index contributed by atoms with van der Waals surface area (Å²) in [6, 6.07) is 2.35. The van der Waals surface area contributed by atoms with Gasteiger partial charge in [0.2, 0.25) is 11.8 Å². The molecule has 21 heavy (non-hydrogen) atoms. The summed E-state index contributed by atoms with van der Waals surface area (Å²) >= 11 is 1.79. The van der Waals surface area contributed by atoms with Crippen LogP contribution in [0.2, 0.25) is 0 Å². The Bertz CT molecular complexity index is 543. The lowest BCUT2D eigenvalue weighted by Gasteiger charge is -2.37. The van der Waals surface area contributed by atoms with E-state index in [0.717, 1.165) is 25.9 Å². The fraction of sp³-hybridized carbons (Fsp3) is 0.600. The van der Waals surface area contributed by atoms with Gasteiger partial charge < -0.3 is 10.2 Å². The Morgan fingerprint density at radius 2 is 2.33 bits per heavy atom. The van der Waals surface area contributed by atoms with Crippen molar-refractivity contribution >= 4 is 23.2 Å². The molecule has 0 spiro atoms. The fourth-order valence-electron chi connectivity index (χ4n) is 3.24. The second-order valence-electron chi connectivity index (χ2n) is 5.62.